The predicted molar refractivity (Wildman–Crippen MR) is 49.5 cm³/mol. The quantitative estimate of drug-likeness (QED) is 0.576. The van der Waals surface area contributed by atoms with Crippen molar-refractivity contribution in [3.8, 4) is 0 Å². The van der Waals surface area contributed by atoms with Crippen LogP contribution in [0.15, 0.2) is 0 Å². The fourth-order valence-corrected chi connectivity index (χ4v) is 0.836. The molecule has 14 heavy (non-hydrogen) atoms. The molecule has 1 aromatic heterocycles. The van der Waals surface area contributed by atoms with Gasteiger partial charge >= 0.3 is 6.03 Å². The molecular formula is C6H13N7O. The van der Waals surface area contributed by atoms with Crippen LogP contribution in [0.2, 0.25) is 0 Å². The Labute approximate surface area is 80.8 Å². The lowest BCUT2D eigenvalue weighted by Crippen LogP contribution is -2.33. The highest BCUT2D eigenvalue weighted by Gasteiger charge is 2.09. The molecule has 0 atom stereocenters. The van der Waals surface area contributed by atoms with Crippen LogP contribution in [0.4, 0.5) is 10.7 Å². The molecule has 0 aliphatic heterocycles. The minimum atomic E-state index is -0.278. The van der Waals surface area contributed by atoms with Crippen LogP contribution < -0.4 is 11.1 Å². The van der Waals surface area contributed by atoms with Gasteiger partial charge in [-0.25, -0.2) is 4.79 Å². The molecule has 8 nitrogen and oxygen atoms in total. The number of urea groups is 1. The van der Waals surface area contributed by atoms with Crippen LogP contribution in [0, 0.1) is 0 Å². The molecule has 1 aromatic rings. The lowest BCUT2D eigenvalue weighted by molar-refractivity contribution is 0.222. The summed E-state index contributed by atoms with van der Waals surface area (Å²) in [5.74, 6) is 0.162. The number of tetrazole rings is 1. The lowest BCUT2D eigenvalue weighted by atomic mass is 10.4. The zero-order valence-electron chi connectivity index (χ0n) is 7.90. The van der Waals surface area contributed by atoms with E-state index in [9.17, 15) is 4.79 Å². The molecule has 2 amide bonds. The summed E-state index contributed by atoms with van der Waals surface area (Å²) < 4.78 is 0. The van der Waals surface area contributed by atoms with Crippen LogP contribution in [-0.4, -0.2) is 51.7 Å². The molecule has 0 unspecified atom stereocenters. The first-order valence-electron chi connectivity index (χ1n) is 4.19. The topological polar surface area (TPSA) is 113 Å². The molecule has 0 aromatic carbocycles. The van der Waals surface area contributed by atoms with Crippen LogP contribution in [0.25, 0.3) is 0 Å². The first-order valence-corrected chi connectivity index (χ1v) is 4.19. The highest BCUT2D eigenvalue weighted by atomic mass is 16.2. The van der Waals surface area contributed by atoms with Gasteiger partial charge in [0.2, 0.25) is 0 Å². The summed E-state index contributed by atoms with van der Waals surface area (Å²) in [6.07, 6.45) is 0.760. The average Bonchev–Trinajstić information content (AvgIpc) is 2.66. The lowest BCUT2D eigenvalue weighted by Gasteiger charge is -2.15. The first kappa shape index (κ1) is 10.4. The van der Waals surface area contributed by atoms with Gasteiger partial charge in [-0.2, -0.15) is 5.21 Å². The van der Waals surface area contributed by atoms with Gasteiger partial charge < -0.3 is 10.6 Å². The van der Waals surface area contributed by atoms with E-state index in [0.29, 0.717) is 13.1 Å². The Bertz CT molecular complexity index is 272. The standard InChI is InChI=1S/C6H13N7O/c1-13(4-2-3-7)6(14)8-5-9-11-12-10-5/h2-4,7H2,1H3,(H2,8,9,10,11,12,14). The van der Waals surface area contributed by atoms with Crippen LogP contribution >= 0.6 is 0 Å². The number of aromatic nitrogens is 4. The Balaban J connectivity index is 2.34. The number of carbonyl (C=O) groups excluding carboxylic acids is 1. The molecule has 0 aliphatic carbocycles. The number of amides is 2. The van der Waals surface area contributed by atoms with Crippen LogP contribution in [0.3, 0.4) is 0 Å². The van der Waals surface area contributed by atoms with Gasteiger partial charge in [0, 0.05) is 13.6 Å². The van der Waals surface area contributed by atoms with Gasteiger partial charge in [0.15, 0.2) is 0 Å². The van der Waals surface area contributed by atoms with Crippen molar-refractivity contribution in [3.63, 3.8) is 0 Å². The molecule has 1 heterocycles. The second-order valence-electron chi connectivity index (χ2n) is 2.73. The van der Waals surface area contributed by atoms with Gasteiger partial charge in [-0.1, -0.05) is 5.10 Å². The summed E-state index contributed by atoms with van der Waals surface area (Å²) >= 11 is 0. The highest BCUT2D eigenvalue weighted by molar-refractivity contribution is 5.86. The maximum Gasteiger partial charge on any atom is 0.324 e. The third kappa shape index (κ3) is 2.98. The van der Waals surface area contributed by atoms with Crippen molar-refractivity contribution in [3.05, 3.63) is 0 Å². The summed E-state index contributed by atoms with van der Waals surface area (Å²) in [7, 11) is 1.67. The predicted octanol–water partition coefficient (Wildman–Crippen LogP) is -0.988. The van der Waals surface area contributed by atoms with Crippen molar-refractivity contribution >= 4 is 12.0 Å². The highest BCUT2D eigenvalue weighted by Crippen LogP contribution is 1.95. The molecule has 0 aliphatic rings. The van der Waals surface area contributed by atoms with E-state index < -0.39 is 0 Å². The number of hydrogen-bond acceptors (Lipinski definition) is 5. The van der Waals surface area contributed by atoms with E-state index in [0.717, 1.165) is 6.42 Å². The molecule has 0 fully saturated rings. The third-order valence-corrected chi connectivity index (χ3v) is 1.61. The van der Waals surface area contributed by atoms with Gasteiger partial charge in [-0.3, -0.25) is 5.32 Å². The van der Waals surface area contributed by atoms with E-state index in [4.69, 9.17) is 5.73 Å². The second kappa shape index (κ2) is 5.12. The van der Waals surface area contributed by atoms with E-state index in [1.807, 2.05) is 0 Å². The summed E-state index contributed by atoms with van der Waals surface area (Å²) in [5, 5.41) is 15.2. The number of nitrogens with one attached hydrogen (secondary N) is 2. The number of H-pyrrole nitrogens is 1. The molecule has 0 spiro atoms. The zero-order chi connectivity index (χ0) is 10.4. The first-order chi connectivity index (χ1) is 6.74. The van der Waals surface area contributed by atoms with Gasteiger partial charge in [0.25, 0.3) is 5.95 Å². The number of anilines is 1. The van der Waals surface area contributed by atoms with Crippen molar-refractivity contribution < 1.29 is 4.79 Å². The second-order valence-corrected chi connectivity index (χ2v) is 2.73. The molecule has 78 valence electrons. The summed E-state index contributed by atoms with van der Waals surface area (Å²) in [4.78, 5) is 12.9. The van der Waals surface area contributed by atoms with Crippen molar-refractivity contribution in [1.29, 1.82) is 0 Å². The molecule has 4 N–H and O–H groups in total. The van der Waals surface area contributed by atoms with Gasteiger partial charge in [0.1, 0.15) is 0 Å². The Hall–Kier alpha value is -1.70. The Morgan fingerprint density at radius 1 is 1.71 bits per heavy atom. The van der Waals surface area contributed by atoms with Crippen LogP contribution in [-0.2, 0) is 0 Å². The van der Waals surface area contributed by atoms with Crippen LogP contribution in [0.1, 0.15) is 6.42 Å². The largest absolute Gasteiger partial charge is 0.330 e. The number of nitrogens with zero attached hydrogens (tertiary/aromatic N) is 4. The normalized spacial score (nSPS) is 9.86. The van der Waals surface area contributed by atoms with E-state index in [-0.39, 0.29) is 12.0 Å². The number of nitrogens with two attached hydrogens (primary N) is 1. The molecule has 0 bridgehead atoms. The minimum absolute atomic E-state index is 0.162. The van der Waals surface area contributed by atoms with Gasteiger partial charge in [-0.05, 0) is 18.2 Å². The van der Waals surface area contributed by atoms with Crippen molar-refractivity contribution in [2.24, 2.45) is 5.73 Å². The minimum Gasteiger partial charge on any atom is -0.330 e. The number of carbonyl (C=O) groups is 1. The number of rotatable bonds is 4. The fraction of sp³-hybridized carbons (Fsp3) is 0.667. The maximum absolute atomic E-state index is 11.4. The smallest absolute Gasteiger partial charge is 0.324 e. The number of hydrogen-bond donors (Lipinski definition) is 3. The number of aromatic amines is 1. The summed E-state index contributed by atoms with van der Waals surface area (Å²) in [6.45, 7) is 1.15. The molecule has 0 saturated heterocycles. The Morgan fingerprint density at radius 2 is 2.50 bits per heavy atom. The third-order valence-electron chi connectivity index (χ3n) is 1.61. The molecule has 8 heteroatoms. The molecule has 0 saturated carbocycles. The summed E-state index contributed by atoms with van der Waals surface area (Å²) in [5.41, 5.74) is 5.31. The monoisotopic (exact) mass is 199 g/mol. The SMILES string of the molecule is CN(CCCN)C(=O)Nc1nn[nH]n1. The van der Waals surface area contributed by atoms with Crippen molar-refractivity contribution in [2.75, 3.05) is 25.5 Å². The fourth-order valence-electron chi connectivity index (χ4n) is 0.836. The zero-order valence-corrected chi connectivity index (χ0v) is 7.90. The van der Waals surface area contributed by atoms with E-state index in [2.05, 4.69) is 25.9 Å². The average molecular weight is 199 g/mol. The van der Waals surface area contributed by atoms with Crippen LogP contribution in [0.5, 0.6) is 0 Å². The Morgan fingerprint density at radius 3 is 3.07 bits per heavy atom. The molecule has 0 radical (unpaired) electrons. The van der Waals surface area contributed by atoms with Crippen molar-refractivity contribution in [2.45, 2.75) is 6.42 Å². The van der Waals surface area contributed by atoms with E-state index in [1.165, 1.54) is 4.90 Å². The van der Waals surface area contributed by atoms with Gasteiger partial charge in [0.05, 0.1) is 0 Å². The van der Waals surface area contributed by atoms with E-state index >= 15 is 0 Å². The Kier molecular flexibility index (Phi) is 3.80. The molecule has 1 rings (SSSR count). The van der Waals surface area contributed by atoms with Crippen molar-refractivity contribution in [1.82, 2.24) is 25.5 Å². The van der Waals surface area contributed by atoms with Gasteiger partial charge in [-0.15, -0.1) is 5.10 Å². The summed E-state index contributed by atoms with van der Waals surface area (Å²) in [6, 6.07) is -0.278. The van der Waals surface area contributed by atoms with E-state index in [1.54, 1.807) is 7.05 Å². The molecular weight excluding hydrogens is 186 g/mol. The maximum atomic E-state index is 11.4.